The first-order chi connectivity index (χ1) is 9.64. The summed E-state index contributed by atoms with van der Waals surface area (Å²) in [6.07, 6.45) is 2.88. The molecule has 0 unspecified atom stereocenters. The normalized spacial score (nSPS) is 14.2. The second-order valence-corrected chi connectivity index (χ2v) is 6.06. The zero-order chi connectivity index (χ0) is 14.6. The van der Waals surface area contributed by atoms with Crippen LogP contribution in [0.1, 0.15) is 37.8 Å². The third-order valence-corrected chi connectivity index (χ3v) is 4.69. The first-order valence-electron chi connectivity index (χ1n) is 7.40. The molecule has 2 rings (SSSR count). The molecule has 0 fully saturated rings. The molecule has 3 nitrogen and oxygen atoms in total. The van der Waals surface area contributed by atoms with Crippen LogP contribution >= 0.6 is 11.6 Å². The number of ether oxygens (including phenoxy) is 1. The number of aliphatic hydroxyl groups excluding tert-OH is 1. The number of benzene rings is 1. The number of aliphatic hydroxyl groups is 1. The van der Waals surface area contributed by atoms with Crippen LogP contribution in [-0.2, 0) is 13.0 Å². The van der Waals surface area contributed by atoms with E-state index >= 15 is 0 Å². The number of hydrogen-bond donors (Lipinski definition) is 2. The Hall–Kier alpha value is -0.770. The molecule has 2 N–H and O–H groups in total. The van der Waals surface area contributed by atoms with E-state index in [0.717, 1.165) is 55.3 Å². The van der Waals surface area contributed by atoms with Crippen molar-refractivity contribution in [2.45, 2.75) is 39.7 Å². The maximum absolute atomic E-state index is 9.59. The summed E-state index contributed by atoms with van der Waals surface area (Å²) in [7, 11) is 0. The van der Waals surface area contributed by atoms with Crippen LogP contribution in [0.3, 0.4) is 0 Å². The van der Waals surface area contributed by atoms with Gasteiger partial charge in [0.2, 0.25) is 0 Å². The topological polar surface area (TPSA) is 41.5 Å². The summed E-state index contributed by atoms with van der Waals surface area (Å²) in [4.78, 5) is 0. The summed E-state index contributed by atoms with van der Waals surface area (Å²) >= 11 is 6.16. The van der Waals surface area contributed by atoms with E-state index < -0.39 is 0 Å². The molecule has 112 valence electrons. The van der Waals surface area contributed by atoms with Gasteiger partial charge in [0.05, 0.1) is 6.61 Å². The Bertz CT molecular complexity index is 450. The van der Waals surface area contributed by atoms with E-state index in [-0.39, 0.29) is 12.0 Å². The number of fused-ring (bicyclic) bond motifs is 1. The van der Waals surface area contributed by atoms with Gasteiger partial charge in [-0.25, -0.2) is 0 Å². The van der Waals surface area contributed by atoms with Gasteiger partial charge in [-0.1, -0.05) is 25.4 Å². The molecule has 0 aromatic heterocycles. The van der Waals surface area contributed by atoms with Crippen LogP contribution in [0.15, 0.2) is 12.1 Å². The third kappa shape index (κ3) is 3.27. The fraction of sp³-hybridized carbons (Fsp3) is 0.625. The van der Waals surface area contributed by atoms with Crippen LogP contribution in [0, 0.1) is 5.41 Å². The minimum Gasteiger partial charge on any atom is -0.493 e. The van der Waals surface area contributed by atoms with Gasteiger partial charge in [0.15, 0.2) is 0 Å². The lowest BCUT2D eigenvalue weighted by atomic mass is 9.83. The molecule has 0 spiro atoms. The Kier molecular flexibility index (Phi) is 5.30. The number of halogens is 1. The maximum atomic E-state index is 9.59. The zero-order valence-electron chi connectivity index (χ0n) is 12.3. The molecule has 0 atom stereocenters. The predicted molar refractivity (Wildman–Crippen MR) is 82.5 cm³/mol. The molecule has 0 saturated heterocycles. The summed E-state index contributed by atoms with van der Waals surface area (Å²) in [6.45, 7) is 6.75. The second kappa shape index (κ2) is 6.79. The van der Waals surface area contributed by atoms with E-state index in [1.54, 1.807) is 0 Å². The van der Waals surface area contributed by atoms with Crippen LogP contribution in [0.2, 0.25) is 5.02 Å². The van der Waals surface area contributed by atoms with Crippen molar-refractivity contribution in [3.8, 4) is 5.75 Å². The minimum atomic E-state index is -0.0252. The van der Waals surface area contributed by atoms with Crippen LogP contribution in [-0.4, -0.2) is 24.9 Å². The smallest absolute Gasteiger partial charge is 0.127 e. The van der Waals surface area contributed by atoms with E-state index in [1.165, 1.54) is 5.56 Å². The average molecular weight is 298 g/mol. The minimum absolute atomic E-state index is 0.0252. The van der Waals surface area contributed by atoms with E-state index in [9.17, 15) is 5.11 Å². The van der Waals surface area contributed by atoms with E-state index in [4.69, 9.17) is 16.3 Å². The molecular weight excluding hydrogens is 274 g/mol. The molecule has 1 aliphatic rings. The number of hydrogen-bond acceptors (Lipinski definition) is 3. The van der Waals surface area contributed by atoms with Crippen molar-refractivity contribution < 1.29 is 9.84 Å². The van der Waals surface area contributed by atoms with Gasteiger partial charge in [-0.15, -0.1) is 0 Å². The summed E-state index contributed by atoms with van der Waals surface area (Å²) < 4.78 is 5.70. The molecule has 20 heavy (non-hydrogen) atoms. The number of nitrogens with one attached hydrogen (secondary N) is 1. The molecule has 0 radical (unpaired) electrons. The molecule has 0 bridgehead atoms. The Morgan fingerprint density at radius 1 is 1.35 bits per heavy atom. The Labute approximate surface area is 126 Å². The Balaban J connectivity index is 2.01. The highest BCUT2D eigenvalue weighted by atomic mass is 35.5. The Morgan fingerprint density at radius 2 is 2.10 bits per heavy atom. The SMILES string of the molecule is CCC(CC)(CO)CNCc1cc(Cl)cc2c1OCC2. The second-order valence-electron chi connectivity index (χ2n) is 5.62. The van der Waals surface area contributed by atoms with Crippen LogP contribution in [0.5, 0.6) is 5.75 Å². The van der Waals surface area contributed by atoms with E-state index in [1.807, 2.05) is 12.1 Å². The summed E-state index contributed by atoms with van der Waals surface area (Å²) in [5.74, 6) is 0.990. The predicted octanol–water partition coefficient (Wildman–Crippen LogP) is 3.16. The van der Waals surface area contributed by atoms with Crippen molar-refractivity contribution in [1.29, 1.82) is 0 Å². The molecule has 1 aromatic rings. The molecule has 1 aromatic carbocycles. The van der Waals surface area contributed by atoms with Gasteiger partial charge in [0.1, 0.15) is 5.75 Å². The lowest BCUT2D eigenvalue weighted by Gasteiger charge is -2.29. The fourth-order valence-electron chi connectivity index (χ4n) is 2.72. The van der Waals surface area contributed by atoms with Gasteiger partial charge in [0, 0.05) is 42.1 Å². The lowest BCUT2D eigenvalue weighted by molar-refractivity contribution is 0.113. The summed E-state index contributed by atoms with van der Waals surface area (Å²) in [5.41, 5.74) is 2.29. The maximum Gasteiger partial charge on any atom is 0.127 e. The summed E-state index contributed by atoms with van der Waals surface area (Å²) in [6, 6.07) is 3.96. The van der Waals surface area contributed by atoms with Crippen LogP contribution in [0.4, 0.5) is 0 Å². The van der Waals surface area contributed by atoms with Gasteiger partial charge in [-0.2, -0.15) is 0 Å². The molecular formula is C16H24ClNO2. The highest BCUT2D eigenvalue weighted by Gasteiger charge is 2.25. The van der Waals surface area contributed by atoms with Crippen LogP contribution in [0.25, 0.3) is 0 Å². The highest BCUT2D eigenvalue weighted by molar-refractivity contribution is 6.30. The summed E-state index contributed by atoms with van der Waals surface area (Å²) in [5, 5.41) is 13.8. The first kappa shape index (κ1) is 15.6. The first-order valence-corrected chi connectivity index (χ1v) is 7.77. The van der Waals surface area contributed by atoms with Gasteiger partial charge < -0.3 is 15.2 Å². The van der Waals surface area contributed by atoms with Crippen molar-refractivity contribution in [2.24, 2.45) is 5.41 Å². The molecule has 1 heterocycles. The molecule has 0 amide bonds. The van der Waals surface area contributed by atoms with E-state index in [2.05, 4.69) is 19.2 Å². The monoisotopic (exact) mass is 297 g/mol. The third-order valence-electron chi connectivity index (χ3n) is 4.48. The number of rotatable bonds is 7. The van der Waals surface area contributed by atoms with Crippen molar-refractivity contribution in [1.82, 2.24) is 5.32 Å². The average Bonchev–Trinajstić information content (AvgIpc) is 2.92. The molecule has 0 aliphatic carbocycles. The van der Waals surface area contributed by atoms with Gasteiger partial charge >= 0.3 is 0 Å². The standard InChI is InChI=1S/C16H24ClNO2/c1-3-16(4-2,11-19)10-18-9-13-8-14(17)7-12-5-6-20-15(12)13/h7-8,18-19H,3-6,9-11H2,1-2H3. The molecule has 1 aliphatic heterocycles. The van der Waals surface area contributed by atoms with E-state index in [0.29, 0.717) is 0 Å². The quantitative estimate of drug-likeness (QED) is 0.812. The van der Waals surface area contributed by atoms with Crippen molar-refractivity contribution in [3.63, 3.8) is 0 Å². The van der Waals surface area contributed by atoms with Crippen LogP contribution < -0.4 is 10.1 Å². The largest absolute Gasteiger partial charge is 0.493 e. The molecule has 0 saturated carbocycles. The van der Waals surface area contributed by atoms with Crippen molar-refractivity contribution in [3.05, 3.63) is 28.3 Å². The molecule has 4 heteroatoms. The van der Waals surface area contributed by atoms with Crippen molar-refractivity contribution >= 4 is 11.6 Å². The van der Waals surface area contributed by atoms with Crippen molar-refractivity contribution in [2.75, 3.05) is 19.8 Å². The highest BCUT2D eigenvalue weighted by Crippen LogP contribution is 2.33. The Morgan fingerprint density at radius 3 is 2.75 bits per heavy atom. The van der Waals surface area contributed by atoms with Gasteiger partial charge in [-0.05, 0) is 30.5 Å². The fourth-order valence-corrected chi connectivity index (χ4v) is 2.98. The van der Waals surface area contributed by atoms with Gasteiger partial charge in [0.25, 0.3) is 0 Å². The van der Waals surface area contributed by atoms with Gasteiger partial charge in [-0.3, -0.25) is 0 Å². The lowest BCUT2D eigenvalue weighted by Crippen LogP contribution is -2.36. The zero-order valence-corrected chi connectivity index (χ0v) is 13.1.